The molecule has 0 amide bonds. The van der Waals surface area contributed by atoms with Gasteiger partial charge in [0.25, 0.3) is 0 Å². The molecule has 0 saturated heterocycles. The van der Waals surface area contributed by atoms with E-state index in [0.29, 0.717) is 0 Å². The first kappa shape index (κ1) is 16.6. The van der Waals surface area contributed by atoms with Gasteiger partial charge in [-0.15, -0.1) is 0 Å². The van der Waals surface area contributed by atoms with Crippen molar-refractivity contribution in [1.29, 1.82) is 0 Å². The Morgan fingerprint density at radius 3 is 2.86 bits per heavy atom. The molecule has 118 valence electrons. The third kappa shape index (κ3) is 5.17. The molecule has 0 aliphatic heterocycles. The zero-order valence-electron chi connectivity index (χ0n) is 13.2. The van der Waals surface area contributed by atoms with E-state index in [1.54, 1.807) is 7.11 Å². The summed E-state index contributed by atoms with van der Waals surface area (Å²) in [5.41, 5.74) is 2.64. The van der Waals surface area contributed by atoms with Crippen molar-refractivity contribution in [2.45, 2.75) is 45.2 Å². The fourth-order valence-electron chi connectivity index (χ4n) is 2.59. The number of hydrogen-bond donors (Lipinski definition) is 1. The Balaban J connectivity index is 2.08. The number of rotatable bonds is 10. The van der Waals surface area contributed by atoms with Gasteiger partial charge in [0.15, 0.2) is 0 Å². The Labute approximate surface area is 133 Å². The molecular weight excluding hydrogens is 284 g/mol. The van der Waals surface area contributed by atoms with Gasteiger partial charge in [-0.2, -0.15) is 0 Å². The standard InChI is InChI=1S/C17H27ClN2O/c1-3-4-10-20(16-6-7-16)17-8-5-15(18)12-14(17)13-19-9-11-21-2/h5,8,12,16,19H,3-4,6-7,9-11,13H2,1-2H3. The summed E-state index contributed by atoms with van der Waals surface area (Å²) in [4.78, 5) is 2.58. The molecule has 21 heavy (non-hydrogen) atoms. The van der Waals surface area contributed by atoms with E-state index < -0.39 is 0 Å². The Morgan fingerprint density at radius 2 is 2.19 bits per heavy atom. The van der Waals surface area contributed by atoms with Crippen LogP contribution in [0.2, 0.25) is 5.02 Å². The van der Waals surface area contributed by atoms with E-state index in [0.717, 1.165) is 37.3 Å². The van der Waals surface area contributed by atoms with Crippen molar-refractivity contribution in [3.63, 3.8) is 0 Å². The smallest absolute Gasteiger partial charge is 0.0587 e. The van der Waals surface area contributed by atoms with E-state index in [1.165, 1.54) is 36.9 Å². The lowest BCUT2D eigenvalue weighted by Crippen LogP contribution is -2.29. The summed E-state index contributed by atoms with van der Waals surface area (Å²) in [5, 5.41) is 4.24. The number of hydrogen-bond acceptors (Lipinski definition) is 3. The van der Waals surface area contributed by atoms with Crippen molar-refractivity contribution in [2.24, 2.45) is 0 Å². The number of halogens is 1. The maximum absolute atomic E-state index is 6.19. The second kappa shape index (κ2) is 8.62. The molecule has 0 heterocycles. The van der Waals surface area contributed by atoms with Gasteiger partial charge in [0.2, 0.25) is 0 Å². The van der Waals surface area contributed by atoms with Crippen LogP contribution in [0.3, 0.4) is 0 Å². The van der Waals surface area contributed by atoms with Crippen LogP contribution in [0.15, 0.2) is 18.2 Å². The normalized spacial score (nSPS) is 14.4. The Bertz CT molecular complexity index is 435. The summed E-state index contributed by atoms with van der Waals surface area (Å²) in [5.74, 6) is 0. The summed E-state index contributed by atoms with van der Waals surface area (Å²) >= 11 is 6.19. The predicted octanol–water partition coefficient (Wildman–Crippen LogP) is 3.84. The molecule has 1 N–H and O–H groups in total. The van der Waals surface area contributed by atoms with E-state index in [-0.39, 0.29) is 0 Å². The highest BCUT2D eigenvalue weighted by Gasteiger charge is 2.29. The van der Waals surface area contributed by atoms with Crippen molar-refractivity contribution in [3.8, 4) is 0 Å². The van der Waals surface area contributed by atoms with Crippen molar-refractivity contribution >= 4 is 17.3 Å². The summed E-state index contributed by atoms with van der Waals surface area (Å²) < 4.78 is 5.08. The van der Waals surface area contributed by atoms with Gasteiger partial charge in [0.1, 0.15) is 0 Å². The molecule has 1 aliphatic carbocycles. The molecular formula is C17H27ClN2O. The highest BCUT2D eigenvalue weighted by atomic mass is 35.5. The first-order chi connectivity index (χ1) is 10.3. The molecule has 1 fully saturated rings. The largest absolute Gasteiger partial charge is 0.383 e. The van der Waals surface area contributed by atoms with Gasteiger partial charge in [-0.3, -0.25) is 0 Å². The van der Waals surface area contributed by atoms with Crippen LogP contribution >= 0.6 is 11.6 Å². The maximum atomic E-state index is 6.19. The predicted molar refractivity (Wildman–Crippen MR) is 90.3 cm³/mol. The fraction of sp³-hybridized carbons (Fsp3) is 0.647. The van der Waals surface area contributed by atoms with Gasteiger partial charge >= 0.3 is 0 Å². The Kier molecular flexibility index (Phi) is 6.81. The molecule has 0 spiro atoms. The fourth-order valence-corrected chi connectivity index (χ4v) is 2.78. The average molecular weight is 311 g/mol. The highest BCUT2D eigenvalue weighted by Crippen LogP contribution is 2.35. The van der Waals surface area contributed by atoms with E-state index in [4.69, 9.17) is 16.3 Å². The minimum atomic E-state index is 0.732. The van der Waals surface area contributed by atoms with E-state index in [1.807, 2.05) is 6.07 Å². The van der Waals surface area contributed by atoms with Gasteiger partial charge in [0, 0.05) is 43.5 Å². The van der Waals surface area contributed by atoms with Gasteiger partial charge in [0.05, 0.1) is 6.61 Å². The molecule has 0 aromatic heterocycles. The van der Waals surface area contributed by atoms with Crippen molar-refractivity contribution in [3.05, 3.63) is 28.8 Å². The first-order valence-electron chi connectivity index (χ1n) is 8.01. The van der Waals surface area contributed by atoms with Crippen molar-refractivity contribution in [1.82, 2.24) is 5.32 Å². The maximum Gasteiger partial charge on any atom is 0.0587 e. The Morgan fingerprint density at radius 1 is 1.38 bits per heavy atom. The van der Waals surface area contributed by atoms with E-state index >= 15 is 0 Å². The zero-order chi connectivity index (χ0) is 15.1. The molecule has 2 rings (SSSR count). The number of anilines is 1. The lowest BCUT2D eigenvalue weighted by molar-refractivity contribution is 0.199. The van der Waals surface area contributed by atoms with Crippen LogP contribution in [0.5, 0.6) is 0 Å². The van der Waals surface area contributed by atoms with Crippen LogP contribution in [0, 0.1) is 0 Å². The first-order valence-corrected chi connectivity index (χ1v) is 8.38. The second-order valence-corrected chi connectivity index (χ2v) is 6.16. The van der Waals surface area contributed by atoms with Crippen LogP contribution in [0.4, 0.5) is 5.69 Å². The lowest BCUT2D eigenvalue weighted by Gasteiger charge is -2.27. The highest BCUT2D eigenvalue weighted by molar-refractivity contribution is 6.30. The number of nitrogens with zero attached hydrogens (tertiary/aromatic N) is 1. The quantitative estimate of drug-likeness (QED) is 0.664. The number of benzene rings is 1. The topological polar surface area (TPSA) is 24.5 Å². The van der Waals surface area contributed by atoms with Crippen LogP contribution in [-0.4, -0.2) is 32.8 Å². The molecule has 1 aromatic carbocycles. The molecule has 0 atom stereocenters. The molecule has 1 saturated carbocycles. The lowest BCUT2D eigenvalue weighted by atomic mass is 10.1. The number of unbranched alkanes of at least 4 members (excludes halogenated alkanes) is 1. The molecule has 3 nitrogen and oxygen atoms in total. The van der Waals surface area contributed by atoms with Crippen molar-refractivity contribution < 1.29 is 4.74 Å². The van der Waals surface area contributed by atoms with Crippen LogP contribution < -0.4 is 10.2 Å². The van der Waals surface area contributed by atoms with Crippen molar-refractivity contribution in [2.75, 3.05) is 31.7 Å². The monoisotopic (exact) mass is 310 g/mol. The van der Waals surface area contributed by atoms with Gasteiger partial charge < -0.3 is 15.0 Å². The second-order valence-electron chi connectivity index (χ2n) is 5.72. The molecule has 0 radical (unpaired) electrons. The summed E-state index contributed by atoms with van der Waals surface area (Å²) in [7, 11) is 1.73. The third-order valence-corrected chi connectivity index (χ3v) is 4.12. The van der Waals surface area contributed by atoms with Gasteiger partial charge in [-0.1, -0.05) is 24.9 Å². The molecule has 0 unspecified atom stereocenters. The minimum absolute atomic E-state index is 0.732. The van der Waals surface area contributed by atoms with Crippen LogP contribution in [0.25, 0.3) is 0 Å². The van der Waals surface area contributed by atoms with E-state index in [9.17, 15) is 0 Å². The average Bonchev–Trinajstić information content (AvgIpc) is 3.30. The molecule has 1 aliphatic rings. The summed E-state index contributed by atoms with van der Waals surface area (Å²) in [6.45, 7) is 5.83. The third-order valence-electron chi connectivity index (χ3n) is 3.89. The molecule has 4 heteroatoms. The van der Waals surface area contributed by atoms with Gasteiger partial charge in [-0.05, 0) is 43.0 Å². The van der Waals surface area contributed by atoms with Crippen LogP contribution in [0.1, 0.15) is 38.2 Å². The van der Waals surface area contributed by atoms with Crippen LogP contribution in [-0.2, 0) is 11.3 Å². The molecule has 0 bridgehead atoms. The van der Waals surface area contributed by atoms with E-state index in [2.05, 4.69) is 29.3 Å². The number of ether oxygens (including phenoxy) is 1. The Hall–Kier alpha value is -0.770. The molecule has 1 aromatic rings. The SMILES string of the molecule is CCCCN(c1ccc(Cl)cc1CNCCOC)C1CC1. The zero-order valence-corrected chi connectivity index (χ0v) is 14.0. The van der Waals surface area contributed by atoms with Gasteiger partial charge in [-0.25, -0.2) is 0 Å². The number of nitrogens with one attached hydrogen (secondary N) is 1. The number of methoxy groups -OCH3 is 1. The minimum Gasteiger partial charge on any atom is -0.383 e. The summed E-state index contributed by atoms with van der Waals surface area (Å²) in [6.07, 6.45) is 5.12. The summed E-state index contributed by atoms with van der Waals surface area (Å²) in [6, 6.07) is 7.02.